The molecule has 1 amide bonds. The van der Waals surface area contributed by atoms with Crippen LogP contribution in [0.15, 0.2) is 30.3 Å². The Morgan fingerprint density at radius 2 is 1.97 bits per heavy atom. The maximum atomic E-state index is 12.9. The molecule has 4 N–H and O–H groups in total. The van der Waals surface area contributed by atoms with Gasteiger partial charge in [0.05, 0.1) is 35.9 Å². The summed E-state index contributed by atoms with van der Waals surface area (Å²) in [5, 5.41) is 6.66. The molecule has 0 bridgehead atoms. The van der Waals surface area contributed by atoms with E-state index in [0.717, 1.165) is 31.6 Å². The Balaban J connectivity index is 1.45. The van der Waals surface area contributed by atoms with Crippen molar-refractivity contribution in [1.29, 1.82) is 0 Å². The molecule has 3 rings (SSSR count). The van der Waals surface area contributed by atoms with Gasteiger partial charge in [0.15, 0.2) is 0 Å². The van der Waals surface area contributed by atoms with Crippen LogP contribution in [0.1, 0.15) is 46.5 Å². The summed E-state index contributed by atoms with van der Waals surface area (Å²) in [6.07, 6.45) is 0.423. The van der Waals surface area contributed by atoms with E-state index < -0.39 is 0 Å². The van der Waals surface area contributed by atoms with Crippen LogP contribution in [0.2, 0.25) is 5.02 Å². The molecule has 1 fully saturated rings. The summed E-state index contributed by atoms with van der Waals surface area (Å²) in [6.45, 7) is 7.49. The third-order valence-electron chi connectivity index (χ3n) is 6.13. The Morgan fingerprint density at radius 3 is 2.62 bits per heavy atom. The number of nitrogens with two attached hydrogens (primary N) is 1. The predicted octanol–water partition coefficient (Wildman–Crippen LogP) is 2.50. The molecule has 2 aromatic rings. The first-order valence-electron chi connectivity index (χ1n) is 12.3. The molecule has 1 saturated heterocycles. The minimum atomic E-state index is -0.336. The van der Waals surface area contributed by atoms with E-state index in [1.807, 2.05) is 26.0 Å². The van der Waals surface area contributed by atoms with Crippen LogP contribution in [0, 0.1) is 0 Å². The Hall–Kier alpha value is -2.92. The number of anilines is 1. The van der Waals surface area contributed by atoms with Gasteiger partial charge >= 0.3 is 5.97 Å². The summed E-state index contributed by atoms with van der Waals surface area (Å²) in [5.74, 6) is -0.413. The fourth-order valence-electron chi connectivity index (χ4n) is 4.15. The number of amides is 1. The average Bonchev–Trinajstić information content (AvgIpc) is 2.88. The van der Waals surface area contributed by atoms with E-state index in [9.17, 15) is 9.59 Å². The van der Waals surface area contributed by atoms with Gasteiger partial charge in [-0.2, -0.15) is 4.98 Å². The number of methoxy groups -OCH3 is 2. The normalized spacial score (nSPS) is 18.0. The van der Waals surface area contributed by atoms with Crippen LogP contribution >= 0.6 is 11.6 Å². The zero-order valence-electron chi connectivity index (χ0n) is 21.8. The molecule has 0 saturated carbocycles. The summed E-state index contributed by atoms with van der Waals surface area (Å²) in [7, 11) is 3.07. The number of ether oxygens (including phenoxy) is 3. The van der Waals surface area contributed by atoms with Gasteiger partial charge in [-0.15, -0.1) is 0 Å². The van der Waals surface area contributed by atoms with Crippen molar-refractivity contribution in [1.82, 2.24) is 20.5 Å². The molecule has 0 spiro atoms. The molecule has 1 aromatic heterocycles. The van der Waals surface area contributed by atoms with Crippen LogP contribution in [-0.4, -0.2) is 80.4 Å². The zero-order valence-corrected chi connectivity index (χ0v) is 22.5. The molecular formula is C26H36ClN5O5. The molecule has 0 radical (unpaired) electrons. The molecule has 2 atom stereocenters. The number of carbonyl (C=O) groups is 2. The van der Waals surface area contributed by atoms with Crippen LogP contribution in [0.3, 0.4) is 0 Å². The predicted molar refractivity (Wildman–Crippen MR) is 142 cm³/mol. The number of esters is 1. The topological polar surface area (TPSA) is 128 Å². The zero-order chi connectivity index (χ0) is 26.9. The second-order valence-electron chi connectivity index (χ2n) is 9.18. The minimum absolute atomic E-state index is 0.107. The van der Waals surface area contributed by atoms with Gasteiger partial charge in [-0.05, 0) is 44.0 Å². The highest BCUT2D eigenvalue weighted by Crippen LogP contribution is 2.25. The van der Waals surface area contributed by atoms with Gasteiger partial charge in [0.2, 0.25) is 5.88 Å². The van der Waals surface area contributed by atoms with Crippen molar-refractivity contribution in [2.75, 3.05) is 46.1 Å². The highest BCUT2D eigenvalue weighted by Gasteiger charge is 2.31. The molecule has 202 valence electrons. The lowest BCUT2D eigenvalue weighted by molar-refractivity contribution is 0.00676. The van der Waals surface area contributed by atoms with Gasteiger partial charge in [-0.25, -0.2) is 4.79 Å². The first kappa shape index (κ1) is 28.6. The number of nitrogen functional groups attached to an aromatic ring is 1. The van der Waals surface area contributed by atoms with E-state index in [-0.39, 0.29) is 52.4 Å². The Morgan fingerprint density at radius 1 is 1.24 bits per heavy atom. The van der Waals surface area contributed by atoms with Gasteiger partial charge in [0, 0.05) is 39.8 Å². The van der Waals surface area contributed by atoms with Crippen LogP contribution in [-0.2, 0) is 16.0 Å². The number of carbonyl (C=O) groups excluding carboxylic acids is 2. The molecule has 1 aliphatic heterocycles. The van der Waals surface area contributed by atoms with Gasteiger partial charge in [-0.3, -0.25) is 9.69 Å². The van der Waals surface area contributed by atoms with Crippen molar-refractivity contribution in [2.45, 2.75) is 45.1 Å². The number of benzene rings is 1. The second-order valence-corrected chi connectivity index (χ2v) is 9.59. The standard InChI is InChI=1S/C26H36ClN5O5/c1-16(2)37-26(34)18-7-5-17(6-8-18)14-29-10-12-32-11-9-21(22(15-32)35-3)30-24(33)19-13-20(27)23(28)31-25(19)36-4/h5-8,13,16,21-22,29H,9-12,14-15H2,1-4H3,(H2,28,31)(H,30,33)/t21-,22+/m0/s1. The van der Waals surface area contributed by atoms with E-state index in [2.05, 4.69) is 20.5 Å². The van der Waals surface area contributed by atoms with Gasteiger partial charge in [0.1, 0.15) is 11.4 Å². The first-order chi connectivity index (χ1) is 17.7. The number of halogens is 1. The molecule has 10 nitrogen and oxygen atoms in total. The first-order valence-corrected chi connectivity index (χ1v) is 12.7. The summed E-state index contributed by atoms with van der Waals surface area (Å²) in [5.41, 5.74) is 7.59. The number of pyridine rings is 1. The van der Waals surface area contributed by atoms with Gasteiger partial charge in [-0.1, -0.05) is 23.7 Å². The number of nitrogens with zero attached hydrogens (tertiary/aromatic N) is 2. The van der Waals surface area contributed by atoms with Crippen LogP contribution in [0.5, 0.6) is 5.88 Å². The summed E-state index contributed by atoms with van der Waals surface area (Å²) in [6, 6.07) is 8.73. The monoisotopic (exact) mass is 533 g/mol. The third kappa shape index (κ3) is 8.03. The minimum Gasteiger partial charge on any atom is -0.480 e. The lowest BCUT2D eigenvalue weighted by atomic mass is 10.0. The van der Waals surface area contributed by atoms with Crippen LogP contribution in [0.25, 0.3) is 0 Å². The number of hydrogen-bond donors (Lipinski definition) is 3. The fraction of sp³-hybridized carbons (Fsp3) is 0.500. The molecule has 1 aromatic carbocycles. The highest BCUT2D eigenvalue weighted by atomic mass is 35.5. The lowest BCUT2D eigenvalue weighted by Gasteiger charge is -2.38. The number of nitrogens with one attached hydrogen (secondary N) is 2. The number of hydrogen-bond acceptors (Lipinski definition) is 9. The van der Waals surface area contributed by atoms with Crippen molar-refractivity contribution in [2.24, 2.45) is 0 Å². The van der Waals surface area contributed by atoms with E-state index in [0.29, 0.717) is 18.7 Å². The SMILES string of the molecule is COc1nc(N)c(Cl)cc1C(=O)N[C@H]1CCN(CCNCc2ccc(C(=O)OC(C)C)cc2)C[C@H]1OC. The molecular weight excluding hydrogens is 498 g/mol. The maximum Gasteiger partial charge on any atom is 0.338 e. The molecule has 2 heterocycles. The van der Waals surface area contributed by atoms with Crippen LogP contribution < -0.4 is 21.1 Å². The largest absolute Gasteiger partial charge is 0.480 e. The lowest BCUT2D eigenvalue weighted by Crippen LogP contribution is -2.55. The second kappa shape index (κ2) is 13.6. The van der Waals surface area contributed by atoms with E-state index in [4.69, 9.17) is 31.5 Å². The highest BCUT2D eigenvalue weighted by molar-refractivity contribution is 6.33. The smallest absolute Gasteiger partial charge is 0.338 e. The van der Waals surface area contributed by atoms with E-state index in [1.54, 1.807) is 19.2 Å². The van der Waals surface area contributed by atoms with Crippen molar-refractivity contribution >= 4 is 29.3 Å². The molecule has 0 aliphatic carbocycles. The van der Waals surface area contributed by atoms with Crippen molar-refractivity contribution in [3.63, 3.8) is 0 Å². The number of likely N-dealkylation sites (tertiary alicyclic amines) is 1. The maximum absolute atomic E-state index is 12.9. The van der Waals surface area contributed by atoms with Crippen molar-refractivity contribution < 1.29 is 23.8 Å². The molecule has 1 aliphatic rings. The quantitative estimate of drug-likeness (QED) is 0.295. The average molecular weight is 534 g/mol. The van der Waals surface area contributed by atoms with E-state index >= 15 is 0 Å². The molecule has 37 heavy (non-hydrogen) atoms. The van der Waals surface area contributed by atoms with Gasteiger partial charge < -0.3 is 30.6 Å². The van der Waals surface area contributed by atoms with E-state index in [1.165, 1.54) is 13.2 Å². The summed E-state index contributed by atoms with van der Waals surface area (Å²) < 4.78 is 16.1. The van der Waals surface area contributed by atoms with Crippen molar-refractivity contribution in [3.8, 4) is 5.88 Å². The number of piperidine rings is 1. The summed E-state index contributed by atoms with van der Waals surface area (Å²) >= 11 is 6.06. The third-order valence-corrected chi connectivity index (χ3v) is 6.44. The molecule has 0 unspecified atom stereocenters. The Bertz CT molecular complexity index is 1070. The number of aromatic nitrogens is 1. The Labute approximate surface area is 222 Å². The van der Waals surface area contributed by atoms with Gasteiger partial charge in [0.25, 0.3) is 5.91 Å². The molecule has 11 heteroatoms. The fourth-order valence-corrected chi connectivity index (χ4v) is 4.30. The Kier molecular flexibility index (Phi) is 10.5. The number of rotatable bonds is 11. The summed E-state index contributed by atoms with van der Waals surface area (Å²) in [4.78, 5) is 31.2. The van der Waals surface area contributed by atoms with Crippen molar-refractivity contribution in [3.05, 3.63) is 52.0 Å². The van der Waals surface area contributed by atoms with Crippen LogP contribution in [0.4, 0.5) is 5.82 Å².